The highest BCUT2D eigenvalue weighted by Gasteiger charge is 2.30. The summed E-state index contributed by atoms with van der Waals surface area (Å²) in [5.74, 6) is 0.645. The van der Waals surface area contributed by atoms with E-state index in [9.17, 15) is 8.42 Å². The molecule has 0 saturated carbocycles. The zero-order valence-electron chi connectivity index (χ0n) is 10.4. The Labute approximate surface area is 124 Å². The summed E-state index contributed by atoms with van der Waals surface area (Å²) < 4.78 is 29.0. The Morgan fingerprint density at radius 3 is 2.85 bits per heavy atom. The van der Waals surface area contributed by atoms with Gasteiger partial charge in [0.05, 0.1) is 11.4 Å². The van der Waals surface area contributed by atoms with E-state index in [2.05, 4.69) is 26.1 Å². The number of aromatic nitrogens is 3. The zero-order valence-corrected chi connectivity index (χ0v) is 12.8. The molecule has 7 nitrogen and oxygen atoms in total. The first-order valence-electron chi connectivity index (χ1n) is 5.90. The topological polar surface area (TPSA) is 94.1 Å². The number of anilines is 1. The fraction of sp³-hybridized carbons (Fsp3) is 0.273. The number of rotatable bonds is 2. The Morgan fingerprint density at radius 2 is 2.10 bits per heavy atom. The molecular weight excluding hydrogens is 346 g/mol. The van der Waals surface area contributed by atoms with Crippen LogP contribution in [0.1, 0.15) is 5.82 Å². The first-order valence-corrected chi connectivity index (χ1v) is 8.13. The van der Waals surface area contributed by atoms with Crippen molar-refractivity contribution >= 4 is 31.6 Å². The number of hydrogen-bond donors (Lipinski definition) is 1. The summed E-state index contributed by atoms with van der Waals surface area (Å²) in [4.78, 5) is 0.208. The molecule has 0 radical (unpaired) electrons. The standard InChI is InChI=1S/C11H12BrN5O2S/c12-9-5-8(13)1-2-10(9)20(18,19)17-4-3-16-7-14-15-11(16)6-17/h1-2,5,7H,3-4,6,13H2. The van der Waals surface area contributed by atoms with Crippen LogP contribution in [0, 0.1) is 0 Å². The minimum atomic E-state index is -3.58. The molecule has 1 aliphatic rings. The highest BCUT2D eigenvalue weighted by atomic mass is 79.9. The summed E-state index contributed by atoms with van der Waals surface area (Å²) in [6.07, 6.45) is 1.61. The molecule has 1 aromatic carbocycles. The number of nitrogen functional groups attached to an aromatic ring is 1. The second-order valence-electron chi connectivity index (χ2n) is 4.47. The Morgan fingerprint density at radius 1 is 1.30 bits per heavy atom. The zero-order chi connectivity index (χ0) is 14.3. The molecule has 0 bridgehead atoms. The van der Waals surface area contributed by atoms with E-state index in [1.807, 2.05) is 4.57 Å². The Bertz CT molecular complexity index is 758. The lowest BCUT2D eigenvalue weighted by Gasteiger charge is -2.26. The molecule has 0 unspecified atom stereocenters. The average molecular weight is 358 g/mol. The van der Waals surface area contributed by atoms with E-state index in [1.54, 1.807) is 18.5 Å². The molecule has 9 heteroatoms. The van der Waals surface area contributed by atoms with Gasteiger partial charge >= 0.3 is 0 Å². The van der Waals surface area contributed by atoms with Gasteiger partial charge in [-0.25, -0.2) is 8.42 Å². The van der Waals surface area contributed by atoms with Gasteiger partial charge < -0.3 is 10.3 Å². The Kier molecular flexibility index (Phi) is 3.27. The van der Waals surface area contributed by atoms with Crippen LogP contribution in [0.3, 0.4) is 0 Å². The lowest BCUT2D eigenvalue weighted by Crippen LogP contribution is -2.38. The van der Waals surface area contributed by atoms with Crippen LogP contribution in [0.2, 0.25) is 0 Å². The summed E-state index contributed by atoms with van der Waals surface area (Å²) in [5, 5.41) is 7.71. The molecule has 0 amide bonds. The molecule has 0 atom stereocenters. The van der Waals surface area contributed by atoms with E-state index in [0.29, 0.717) is 29.1 Å². The van der Waals surface area contributed by atoms with Gasteiger partial charge in [0.2, 0.25) is 10.0 Å². The summed E-state index contributed by atoms with van der Waals surface area (Å²) in [7, 11) is -3.58. The summed E-state index contributed by atoms with van der Waals surface area (Å²) in [6.45, 7) is 1.16. The molecular formula is C11H12BrN5O2S. The third-order valence-electron chi connectivity index (χ3n) is 3.18. The fourth-order valence-electron chi connectivity index (χ4n) is 2.11. The quantitative estimate of drug-likeness (QED) is 0.803. The lowest BCUT2D eigenvalue weighted by molar-refractivity contribution is 0.335. The van der Waals surface area contributed by atoms with Crippen molar-refractivity contribution in [2.45, 2.75) is 18.0 Å². The predicted octanol–water partition coefficient (Wildman–Crippen LogP) is 0.827. The van der Waals surface area contributed by atoms with E-state index in [0.717, 1.165) is 0 Å². The monoisotopic (exact) mass is 357 g/mol. The van der Waals surface area contributed by atoms with E-state index in [1.165, 1.54) is 10.4 Å². The summed E-state index contributed by atoms with van der Waals surface area (Å²) >= 11 is 3.25. The number of sulfonamides is 1. The van der Waals surface area contributed by atoms with Gasteiger partial charge in [-0.3, -0.25) is 0 Å². The first kappa shape index (κ1) is 13.5. The second-order valence-corrected chi connectivity index (χ2v) is 7.23. The SMILES string of the molecule is Nc1ccc(S(=O)(=O)N2CCn3cnnc3C2)c(Br)c1. The third kappa shape index (κ3) is 2.21. The highest BCUT2D eigenvalue weighted by molar-refractivity contribution is 9.10. The maximum atomic E-state index is 12.6. The molecule has 2 heterocycles. The maximum Gasteiger partial charge on any atom is 0.244 e. The third-order valence-corrected chi connectivity index (χ3v) is 6.00. The van der Waals surface area contributed by atoms with Crippen LogP contribution in [0.5, 0.6) is 0 Å². The average Bonchev–Trinajstić information content (AvgIpc) is 2.85. The number of nitrogens with zero attached hydrogens (tertiary/aromatic N) is 4. The Hall–Kier alpha value is -1.45. The van der Waals surface area contributed by atoms with Gasteiger partial charge in [-0.15, -0.1) is 10.2 Å². The summed E-state index contributed by atoms with van der Waals surface area (Å²) in [5.41, 5.74) is 6.15. The predicted molar refractivity (Wildman–Crippen MR) is 76.2 cm³/mol. The number of fused-ring (bicyclic) bond motifs is 1. The van der Waals surface area contributed by atoms with E-state index in [-0.39, 0.29) is 11.4 Å². The number of benzene rings is 1. The lowest BCUT2D eigenvalue weighted by atomic mass is 10.3. The molecule has 0 aliphatic carbocycles. The van der Waals surface area contributed by atoms with Gasteiger partial charge in [0.25, 0.3) is 0 Å². The highest BCUT2D eigenvalue weighted by Crippen LogP contribution is 2.28. The molecule has 0 spiro atoms. The van der Waals surface area contributed by atoms with Crippen LogP contribution < -0.4 is 5.73 Å². The minimum absolute atomic E-state index is 0.208. The van der Waals surface area contributed by atoms with Crippen molar-refractivity contribution in [2.75, 3.05) is 12.3 Å². The van der Waals surface area contributed by atoms with Crippen molar-refractivity contribution in [2.24, 2.45) is 0 Å². The number of hydrogen-bond acceptors (Lipinski definition) is 5. The second kappa shape index (κ2) is 4.83. The van der Waals surface area contributed by atoms with E-state index >= 15 is 0 Å². The van der Waals surface area contributed by atoms with Gasteiger partial charge in [-0.2, -0.15) is 4.31 Å². The molecule has 20 heavy (non-hydrogen) atoms. The molecule has 3 rings (SSSR count). The molecule has 1 aromatic heterocycles. The smallest absolute Gasteiger partial charge is 0.244 e. The molecule has 0 saturated heterocycles. The van der Waals surface area contributed by atoms with Crippen molar-refractivity contribution in [3.05, 3.63) is 34.8 Å². The number of nitrogens with two attached hydrogens (primary N) is 1. The fourth-order valence-corrected chi connectivity index (χ4v) is 4.56. The normalized spacial score (nSPS) is 16.1. The van der Waals surface area contributed by atoms with Crippen molar-refractivity contribution in [1.29, 1.82) is 0 Å². The van der Waals surface area contributed by atoms with Crippen LogP contribution in [-0.4, -0.2) is 34.0 Å². The van der Waals surface area contributed by atoms with Crippen LogP contribution in [0.25, 0.3) is 0 Å². The van der Waals surface area contributed by atoms with Crippen molar-refractivity contribution in [3.63, 3.8) is 0 Å². The molecule has 1 aliphatic heterocycles. The molecule has 106 valence electrons. The van der Waals surface area contributed by atoms with E-state index < -0.39 is 10.0 Å². The van der Waals surface area contributed by atoms with Crippen molar-refractivity contribution in [1.82, 2.24) is 19.1 Å². The van der Waals surface area contributed by atoms with Gasteiger partial charge in [0, 0.05) is 23.2 Å². The van der Waals surface area contributed by atoms with Crippen molar-refractivity contribution in [3.8, 4) is 0 Å². The molecule has 2 N–H and O–H groups in total. The van der Waals surface area contributed by atoms with Gasteiger partial charge in [-0.05, 0) is 34.1 Å². The largest absolute Gasteiger partial charge is 0.399 e. The van der Waals surface area contributed by atoms with Gasteiger partial charge in [0.15, 0.2) is 0 Å². The van der Waals surface area contributed by atoms with Crippen LogP contribution in [0.15, 0.2) is 33.9 Å². The van der Waals surface area contributed by atoms with Gasteiger partial charge in [-0.1, -0.05) is 0 Å². The van der Waals surface area contributed by atoms with Crippen LogP contribution in [0.4, 0.5) is 5.69 Å². The maximum absolute atomic E-state index is 12.6. The minimum Gasteiger partial charge on any atom is -0.399 e. The summed E-state index contributed by atoms with van der Waals surface area (Å²) in [6, 6.07) is 4.66. The van der Waals surface area contributed by atoms with E-state index in [4.69, 9.17) is 5.73 Å². The Balaban J connectivity index is 1.97. The van der Waals surface area contributed by atoms with Crippen LogP contribution in [-0.2, 0) is 23.1 Å². The van der Waals surface area contributed by atoms with Gasteiger partial charge in [0.1, 0.15) is 12.2 Å². The molecule has 2 aromatic rings. The number of halogens is 1. The van der Waals surface area contributed by atoms with Crippen LogP contribution >= 0.6 is 15.9 Å². The first-order chi connectivity index (χ1) is 9.48. The molecule has 0 fully saturated rings. The van der Waals surface area contributed by atoms with Crippen molar-refractivity contribution < 1.29 is 8.42 Å².